The van der Waals surface area contributed by atoms with Crippen molar-refractivity contribution in [1.29, 1.82) is 0 Å². The molecule has 1 aromatic carbocycles. The van der Waals surface area contributed by atoms with Gasteiger partial charge >= 0.3 is 0 Å². The van der Waals surface area contributed by atoms with E-state index >= 15 is 0 Å². The van der Waals surface area contributed by atoms with Crippen LogP contribution in [0.4, 0.5) is 5.69 Å². The summed E-state index contributed by atoms with van der Waals surface area (Å²) in [4.78, 5) is 0. The Morgan fingerprint density at radius 3 is 2.95 bits per heavy atom. The van der Waals surface area contributed by atoms with Crippen molar-refractivity contribution in [3.63, 3.8) is 0 Å². The van der Waals surface area contributed by atoms with Gasteiger partial charge in [0.1, 0.15) is 0 Å². The van der Waals surface area contributed by atoms with Crippen LogP contribution in [0.25, 0.3) is 0 Å². The largest absolute Gasteiger partial charge is 0.409 e. The number of benzene rings is 1. The summed E-state index contributed by atoms with van der Waals surface area (Å²) in [6, 6.07) is 5.61. The quantitative estimate of drug-likeness (QED) is 0.335. The Morgan fingerprint density at radius 1 is 1.53 bits per heavy atom. The fraction of sp³-hybridized carbons (Fsp3) is 0.231. The highest BCUT2D eigenvalue weighted by Crippen LogP contribution is 2.17. The lowest BCUT2D eigenvalue weighted by Crippen LogP contribution is -2.13. The number of amidine groups is 1. The zero-order valence-electron chi connectivity index (χ0n) is 11.0. The van der Waals surface area contributed by atoms with Gasteiger partial charge in [-0.15, -0.1) is 0 Å². The first-order chi connectivity index (χ1) is 9.10. The third-order valence-corrected chi connectivity index (χ3v) is 2.88. The molecule has 0 unspecified atom stereocenters. The Morgan fingerprint density at radius 2 is 2.32 bits per heavy atom. The molecule has 0 saturated carbocycles. The average Bonchev–Trinajstić information content (AvgIpc) is 2.82. The molecule has 6 nitrogen and oxygen atoms in total. The summed E-state index contributed by atoms with van der Waals surface area (Å²) >= 11 is 0. The Hall–Kier alpha value is -2.50. The second-order valence-electron chi connectivity index (χ2n) is 4.39. The van der Waals surface area contributed by atoms with Gasteiger partial charge in [-0.25, -0.2) is 0 Å². The highest BCUT2D eigenvalue weighted by molar-refractivity contribution is 5.98. The smallest absolute Gasteiger partial charge is 0.170 e. The van der Waals surface area contributed by atoms with Crippen molar-refractivity contribution in [2.24, 2.45) is 17.9 Å². The summed E-state index contributed by atoms with van der Waals surface area (Å²) in [6.45, 7) is 2.68. The molecule has 0 atom stereocenters. The van der Waals surface area contributed by atoms with Crippen molar-refractivity contribution in [2.75, 3.05) is 5.32 Å². The number of hydrogen-bond donors (Lipinski definition) is 3. The van der Waals surface area contributed by atoms with Crippen LogP contribution >= 0.6 is 0 Å². The van der Waals surface area contributed by atoms with Crippen LogP contribution in [-0.2, 0) is 13.6 Å². The molecule has 0 amide bonds. The number of nitrogens with two attached hydrogens (primary N) is 1. The highest BCUT2D eigenvalue weighted by Gasteiger charge is 2.04. The van der Waals surface area contributed by atoms with E-state index in [2.05, 4.69) is 15.6 Å². The third-order valence-electron chi connectivity index (χ3n) is 2.88. The molecule has 6 heteroatoms. The van der Waals surface area contributed by atoms with Crippen molar-refractivity contribution in [1.82, 2.24) is 9.78 Å². The van der Waals surface area contributed by atoms with Crippen LogP contribution in [0.2, 0.25) is 0 Å². The van der Waals surface area contributed by atoms with Crippen LogP contribution in [0.15, 0.2) is 35.7 Å². The summed E-state index contributed by atoms with van der Waals surface area (Å²) in [7, 11) is 1.88. The maximum Gasteiger partial charge on any atom is 0.170 e. The van der Waals surface area contributed by atoms with Gasteiger partial charge in [-0.3, -0.25) is 4.68 Å². The van der Waals surface area contributed by atoms with E-state index in [1.165, 1.54) is 0 Å². The Labute approximate surface area is 111 Å². The van der Waals surface area contributed by atoms with Gasteiger partial charge in [-0.2, -0.15) is 5.10 Å². The normalized spacial score (nSPS) is 11.6. The molecule has 0 aliphatic carbocycles. The summed E-state index contributed by atoms with van der Waals surface area (Å²) < 4.78 is 1.76. The maximum atomic E-state index is 8.69. The van der Waals surface area contributed by atoms with Gasteiger partial charge in [0.25, 0.3) is 0 Å². The molecule has 0 aliphatic rings. The van der Waals surface area contributed by atoms with Crippen LogP contribution in [0.1, 0.15) is 16.7 Å². The molecule has 100 valence electrons. The molecule has 19 heavy (non-hydrogen) atoms. The molecule has 0 bridgehead atoms. The number of nitrogens with zero attached hydrogens (tertiary/aromatic N) is 3. The van der Waals surface area contributed by atoms with E-state index in [0.717, 1.165) is 16.8 Å². The number of aryl methyl sites for hydroxylation is 2. The molecular weight excluding hydrogens is 242 g/mol. The molecule has 4 N–H and O–H groups in total. The first-order valence-corrected chi connectivity index (χ1v) is 5.90. The SMILES string of the molecule is Cc1ccc(C(N)=NO)cc1NCc1cnn(C)c1. The molecule has 1 heterocycles. The predicted octanol–water partition coefficient (Wildman–Crippen LogP) is 1.44. The summed E-state index contributed by atoms with van der Waals surface area (Å²) in [5.74, 6) is 0.101. The summed E-state index contributed by atoms with van der Waals surface area (Å²) in [5.41, 5.74) is 9.41. The van der Waals surface area contributed by atoms with Crippen LogP contribution in [0.5, 0.6) is 0 Å². The van der Waals surface area contributed by atoms with Crippen LogP contribution in [0.3, 0.4) is 0 Å². The fourth-order valence-corrected chi connectivity index (χ4v) is 1.79. The van der Waals surface area contributed by atoms with E-state index in [9.17, 15) is 0 Å². The highest BCUT2D eigenvalue weighted by atomic mass is 16.4. The molecule has 0 spiro atoms. The predicted molar refractivity (Wildman–Crippen MR) is 74.2 cm³/mol. The van der Waals surface area contributed by atoms with Gasteiger partial charge < -0.3 is 16.3 Å². The van der Waals surface area contributed by atoms with E-state index in [1.807, 2.05) is 44.6 Å². The minimum atomic E-state index is 0.101. The number of hydrogen-bond acceptors (Lipinski definition) is 4. The van der Waals surface area contributed by atoms with Crippen LogP contribution < -0.4 is 11.1 Å². The van der Waals surface area contributed by atoms with Gasteiger partial charge in [0, 0.05) is 36.6 Å². The molecule has 0 fully saturated rings. The zero-order valence-corrected chi connectivity index (χ0v) is 11.0. The fourth-order valence-electron chi connectivity index (χ4n) is 1.79. The van der Waals surface area contributed by atoms with Crippen molar-refractivity contribution in [3.8, 4) is 0 Å². The Balaban J connectivity index is 2.15. The zero-order chi connectivity index (χ0) is 13.8. The van der Waals surface area contributed by atoms with Crippen molar-refractivity contribution < 1.29 is 5.21 Å². The Bertz CT molecular complexity index is 603. The molecule has 2 rings (SSSR count). The average molecular weight is 259 g/mol. The van der Waals surface area contributed by atoms with Crippen molar-refractivity contribution in [3.05, 3.63) is 47.3 Å². The standard InChI is InChI=1S/C13H17N5O/c1-9-3-4-11(13(14)17-19)5-12(9)15-6-10-7-16-18(2)8-10/h3-5,7-8,15,19H,6H2,1-2H3,(H2,14,17). The minimum absolute atomic E-state index is 0.101. The first kappa shape index (κ1) is 12.9. The van der Waals surface area contributed by atoms with Gasteiger partial charge in [-0.05, 0) is 18.6 Å². The van der Waals surface area contributed by atoms with Gasteiger partial charge in [0.15, 0.2) is 5.84 Å². The summed E-state index contributed by atoms with van der Waals surface area (Å²) in [5, 5.41) is 19.1. The Kier molecular flexibility index (Phi) is 3.70. The molecule has 2 aromatic rings. The lowest BCUT2D eigenvalue weighted by atomic mass is 10.1. The maximum absolute atomic E-state index is 8.69. The van der Waals surface area contributed by atoms with E-state index in [-0.39, 0.29) is 5.84 Å². The molecule has 0 saturated heterocycles. The molecule has 0 aliphatic heterocycles. The van der Waals surface area contributed by atoms with Crippen LogP contribution in [0, 0.1) is 6.92 Å². The number of rotatable bonds is 4. The lowest BCUT2D eigenvalue weighted by Gasteiger charge is -2.10. The van der Waals surface area contributed by atoms with E-state index in [4.69, 9.17) is 10.9 Å². The van der Waals surface area contributed by atoms with Gasteiger partial charge in [0.2, 0.25) is 0 Å². The molecular formula is C13H17N5O. The monoisotopic (exact) mass is 259 g/mol. The second-order valence-corrected chi connectivity index (χ2v) is 4.39. The number of aromatic nitrogens is 2. The molecule has 1 aromatic heterocycles. The number of nitrogens with one attached hydrogen (secondary N) is 1. The topological polar surface area (TPSA) is 88.5 Å². The van der Waals surface area contributed by atoms with Gasteiger partial charge in [-0.1, -0.05) is 17.3 Å². The lowest BCUT2D eigenvalue weighted by molar-refractivity contribution is 0.318. The van der Waals surface area contributed by atoms with E-state index < -0.39 is 0 Å². The van der Waals surface area contributed by atoms with Gasteiger partial charge in [0.05, 0.1) is 6.20 Å². The van der Waals surface area contributed by atoms with Crippen molar-refractivity contribution in [2.45, 2.75) is 13.5 Å². The third kappa shape index (κ3) is 3.04. The first-order valence-electron chi connectivity index (χ1n) is 5.90. The second kappa shape index (κ2) is 5.43. The molecule has 0 radical (unpaired) electrons. The van der Waals surface area contributed by atoms with Crippen molar-refractivity contribution >= 4 is 11.5 Å². The summed E-state index contributed by atoms with van der Waals surface area (Å²) in [6.07, 6.45) is 3.77. The van der Waals surface area contributed by atoms with Crippen LogP contribution in [-0.4, -0.2) is 20.8 Å². The van der Waals surface area contributed by atoms with E-state index in [1.54, 1.807) is 4.68 Å². The van der Waals surface area contributed by atoms with E-state index in [0.29, 0.717) is 12.1 Å². The number of oxime groups is 1. The number of anilines is 1. The minimum Gasteiger partial charge on any atom is -0.409 e.